The smallest absolute Gasteiger partial charge is 0.323 e. The predicted octanol–water partition coefficient (Wildman–Crippen LogP) is 1.84. The molecule has 0 unspecified atom stereocenters. The van der Waals surface area contributed by atoms with Crippen molar-refractivity contribution in [3.63, 3.8) is 0 Å². The van der Waals surface area contributed by atoms with Crippen molar-refractivity contribution in [3.8, 4) is 0 Å². The van der Waals surface area contributed by atoms with E-state index < -0.39 is 22.1 Å². The van der Waals surface area contributed by atoms with Crippen LogP contribution < -0.4 is 16.0 Å². The molecule has 2 aromatic rings. The van der Waals surface area contributed by atoms with Gasteiger partial charge in [-0.05, 0) is 61.4 Å². The van der Waals surface area contributed by atoms with Crippen molar-refractivity contribution in [2.75, 3.05) is 30.8 Å². The summed E-state index contributed by atoms with van der Waals surface area (Å²) < 4.78 is 26.8. The number of urea groups is 1. The number of hydrogen-bond donors (Lipinski definition) is 4. The SMILES string of the molecule is CNC(=O)c1ccc(NC(=O)Nc2ccc(S(=O)(=O)N3CCC[C@@H]3CO)cc2)cc1. The number of carbonyl (C=O) groups excluding carboxylic acids is 2. The molecule has 1 heterocycles. The van der Waals surface area contributed by atoms with E-state index in [1.54, 1.807) is 24.3 Å². The van der Waals surface area contributed by atoms with Gasteiger partial charge < -0.3 is 21.1 Å². The molecule has 1 fully saturated rings. The lowest BCUT2D eigenvalue weighted by Gasteiger charge is -2.22. The van der Waals surface area contributed by atoms with E-state index in [1.807, 2.05) is 0 Å². The average molecular weight is 433 g/mol. The Morgan fingerprint density at radius 3 is 2.13 bits per heavy atom. The molecular weight excluding hydrogens is 408 g/mol. The molecule has 0 bridgehead atoms. The van der Waals surface area contributed by atoms with E-state index in [4.69, 9.17) is 0 Å². The van der Waals surface area contributed by atoms with Gasteiger partial charge in [0, 0.05) is 36.6 Å². The van der Waals surface area contributed by atoms with Crippen molar-refractivity contribution < 1.29 is 23.1 Å². The number of aliphatic hydroxyl groups is 1. The summed E-state index contributed by atoms with van der Waals surface area (Å²) >= 11 is 0. The van der Waals surface area contributed by atoms with Gasteiger partial charge in [0.1, 0.15) is 0 Å². The van der Waals surface area contributed by atoms with Gasteiger partial charge in [0.15, 0.2) is 0 Å². The van der Waals surface area contributed by atoms with Crippen LogP contribution >= 0.6 is 0 Å². The number of hydrogen-bond acceptors (Lipinski definition) is 5. The van der Waals surface area contributed by atoms with Crippen LogP contribution in [0.15, 0.2) is 53.4 Å². The van der Waals surface area contributed by atoms with Crippen LogP contribution in [0.2, 0.25) is 0 Å². The number of anilines is 2. The molecule has 1 saturated heterocycles. The Hall–Kier alpha value is -2.95. The van der Waals surface area contributed by atoms with Crippen LogP contribution in [-0.4, -0.2) is 56.0 Å². The van der Waals surface area contributed by atoms with E-state index >= 15 is 0 Å². The number of rotatable bonds is 6. The zero-order valence-corrected chi connectivity index (χ0v) is 17.3. The fraction of sp³-hybridized carbons (Fsp3) is 0.300. The Bertz CT molecular complexity index is 1010. The number of nitrogens with one attached hydrogen (secondary N) is 3. The monoisotopic (exact) mass is 432 g/mol. The quantitative estimate of drug-likeness (QED) is 0.554. The van der Waals surface area contributed by atoms with Gasteiger partial charge in [-0.25, -0.2) is 13.2 Å². The fourth-order valence-electron chi connectivity index (χ4n) is 3.30. The zero-order chi connectivity index (χ0) is 21.7. The lowest BCUT2D eigenvalue weighted by molar-refractivity contribution is 0.0963. The van der Waals surface area contributed by atoms with Gasteiger partial charge in [-0.15, -0.1) is 0 Å². The molecule has 0 saturated carbocycles. The highest BCUT2D eigenvalue weighted by molar-refractivity contribution is 7.89. The number of amides is 3. The van der Waals surface area contributed by atoms with Crippen molar-refractivity contribution in [1.82, 2.24) is 9.62 Å². The Labute approximate surface area is 175 Å². The molecule has 0 aliphatic carbocycles. The number of nitrogens with zero attached hydrogens (tertiary/aromatic N) is 1. The van der Waals surface area contributed by atoms with E-state index in [2.05, 4.69) is 16.0 Å². The lowest BCUT2D eigenvalue weighted by atomic mass is 10.2. The summed E-state index contributed by atoms with van der Waals surface area (Å²) in [6.45, 7) is 0.178. The van der Waals surface area contributed by atoms with Gasteiger partial charge in [-0.3, -0.25) is 4.79 Å². The van der Waals surface area contributed by atoms with Gasteiger partial charge in [-0.2, -0.15) is 4.31 Å². The second-order valence-corrected chi connectivity index (χ2v) is 8.74. The van der Waals surface area contributed by atoms with Crippen LogP contribution in [-0.2, 0) is 10.0 Å². The third-order valence-corrected chi connectivity index (χ3v) is 6.85. The second kappa shape index (κ2) is 9.24. The Morgan fingerprint density at radius 2 is 1.60 bits per heavy atom. The number of aliphatic hydroxyl groups excluding tert-OH is 1. The third kappa shape index (κ3) is 4.78. The molecule has 9 nitrogen and oxygen atoms in total. The van der Waals surface area contributed by atoms with Gasteiger partial charge in [0.2, 0.25) is 10.0 Å². The standard InChI is InChI=1S/C20H24N4O5S/c1-21-19(26)14-4-6-15(7-5-14)22-20(27)23-16-8-10-18(11-9-16)30(28,29)24-12-2-3-17(24)13-25/h4-11,17,25H,2-3,12-13H2,1H3,(H,21,26)(H2,22,23,27)/t17-/m1/s1. The Balaban J connectivity index is 1.62. The van der Waals surface area contributed by atoms with Crippen LogP contribution in [0.5, 0.6) is 0 Å². The molecular formula is C20H24N4O5S. The van der Waals surface area contributed by atoms with E-state index in [0.717, 1.165) is 0 Å². The Kier molecular flexibility index (Phi) is 6.70. The van der Waals surface area contributed by atoms with Crippen molar-refractivity contribution in [1.29, 1.82) is 0 Å². The van der Waals surface area contributed by atoms with Crippen molar-refractivity contribution >= 4 is 33.3 Å². The van der Waals surface area contributed by atoms with Crippen molar-refractivity contribution in [3.05, 3.63) is 54.1 Å². The highest BCUT2D eigenvalue weighted by Gasteiger charge is 2.34. The van der Waals surface area contributed by atoms with Gasteiger partial charge in [0.05, 0.1) is 11.5 Å². The second-order valence-electron chi connectivity index (χ2n) is 6.85. The number of carbonyl (C=O) groups is 2. The first-order chi connectivity index (χ1) is 14.3. The molecule has 160 valence electrons. The van der Waals surface area contributed by atoms with Crippen LogP contribution in [0, 0.1) is 0 Å². The van der Waals surface area contributed by atoms with Gasteiger partial charge in [-0.1, -0.05) is 0 Å². The molecule has 0 spiro atoms. The summed E-state index contributed by atoms with van der Waals surface area (Å²) in [4.78, 5) is 23.8. The van der Waals surface area contributed by atoms with Crippen LogP contribution in [0.25, 0.3) is 0 Å². The summed E-state index contributed by atoms with van der Waals surface area (Å²) in [5.74, 6) is -0.222. The van der Waals surface area contributed by atoms with Gasteiger partial charge >= 0.3 is 6.03 Å². The molecule has 2 aromatic carbocycles. The largest absolute Gasteiger partial charge is 0.395 e. The molecule has 0 radical (unpaired) electrons. The minimum Gasteiger partial charge on any atom is -0.395 e. The van der Waals surface area contributed by atoms with E-state index in [-0.39, 0.29) is 17.4 Å². The maximum atomic E-state index is 12.8. The van der Waals surface area contributed by atoms with E-state index in [1.165, 1.54) is 35.6 Å². The predicted molar refractivity (Wildman–Crippen MR) is 113 cm³/mol. The molecule has 10 heteroatoms. The van der Waals surface area contributed by atoms with E-state index in [0.29, 0.717) is 36.3 Å². The fourth-order valence-corrected chi connectivity index (χ4v) is 4.98. The Morgan fingerprint density at radius 1 is 1.03 bits per heavy atom. The summed E-state index contributed by atoms with van der Waals surface area (Å²) in [6.07, 6.45) is 1.36. The minimum absolute atomic E-state index is 0.110. The van der Waals surface area contributed by atoms with Crippen molar-refractivity contribution in [2.45, 2.75) is 23.8 Å². The van der Waals surface area contributed by atoms with Crippen molar-refractivity contribution in [2.24, 2.45) is 0 Å². The summed E-state index contributed by atoms with van der Waals surface area (Å²) in [7, 11) is -2.16. The topological polar surface area (TPSA) is 128 Å². The van der Waals surface area contributed by atoms with Gasteiger partial charge in [0.25, 0.3) is 5.91 Å². The maximum Gasteiger partial charge on any atom is 0.323 e. The van der Waals surface area contributed by atoms with E-state index in [9.17, 15) is 23.1 Å². The summed E-state index contributed by atoms with van der Waals surface area (Å²) in [5.41, 5.74) is 1.40. The molecule has 0 aromatic heterocycles. The highest BCUT2D eigenvalue weighted by Crippen LogP contribution is 2.26. The number of benzene rings is 2. The molecule has 3 amide bonds. The first kappa shape index (κ1) is 21.8. The molecule has 1 atom stereocenters. The minimum atomic E-state index is -3.69. The molecule has 1 aliphatic heterocycles. The summed E-state index contributed by atoms with van der Waals surface area (Å²) in [5, 5.41) is 17.2. The zero-order valence-electron chi connectivity index (χ0n) is 16.5. The van der Waals surface area contributed by atoms with Crippen LogP contribution in [0.4, 0.5) is 16.2 Å². The summed E-state index contributed by atoms with van der Waals surface area (Å²) in [6, 6.07) is 11.4. The molecule has 1 aliphatic rings. The molecule has 4 N–H and O–H groups in total. The number of sulfonamides is 1. The van der Waals surface area contributed by atoms with Crippen LogP contribution in [0.3, 0.4) is 0 Å². The van der Waals surface area contributed by atoms with Crippen LogP contribution in [0.1, 0.15) is 23.2 Å². The highest BCUT2D eigenvalue weighted by atomic mass is 32.2. The maximum absolute atomic E-state index is 12.8. The average Bonchev–Trinajstić information content (AvgIpc) is 3.24. The normalized spacial score (nSPS) is 16.8. The first-order valence-corrected chi connectivity index (χ1v) is 10.9. The lowest BCUT2D eigenvalue weighted by Crippen LogP contribution is -2.37. The molecule has 30 heavy (non-hydrogen) atoms. The third-order valence-electron chi connectivity index (χ3n) is 4.88. The molecule has 3 rings (SSSR count). The first-order valence-electron chi connectivity index (χ1n) is 9.48.